The number of rotatable bonds is 5. The highest BCUT2D eigenvalue weighted by Crippen LogP contribution is 2.21. The number of hydrogen-bond acceptors (Lipinski definition) is 4. The first-order chi connectivity index (χ1) is 9.35. The van der Waals surface area contributed by atoms with Crippen LogP contribution in [0.1, 0.15) is 19.8 Å². The summed E-state index contributed by atoms with van der Waals surface area (Å²) in [5.74, 6) is -0.259. The van der Waals surface area contributed by atoms with Gasteiger partial charge in [0.05, 0.1) is 12.3 Å². The quantitative estimate of drug-likeness (QED) is 0.602. The molecule has 0 atom stereocenters. The Hall–Kier alpha value is -1.14. The number of aliphatic hydroxyl groups excluding tert-OH is 1. The Balaban J connectivity index is 3.02. The summed E-state index contributed by atoms with van der Waals surface area (Å²) >= 11 is 11.9. The van der Waals surface area contributed by atoms with Crippen LogP contribution in [0.3, 0.4) is 0 Å². The van der Waals surface area contributed by atoms with Crippen molar-refractivity contribution in [3.05, 3.63) is 34.4 Å². The Morgan fingerprint density at radius 3 is 2.70 bits per heavy atom. The van der Waals surface area contributed by atoms with E-state index < -0.39 is 6.29 Å². The fourth-order valence-corrected chi connectivity index (χ4v) is 1.98. The molecule has 0 fully saturated rings. The zero-order valence-corrected chi connectivity index (χ0v) is 12.5. The van der Waals surface area contributed by atoms with Crippen LogP contribution in [0.5, 0.6) is 0 Å². The highest BCUT2D eigenvalue weighted by atomic mass is 35.5. The predicted molar refractivity (Wildman–Crippen MR) is 79.3 cm³/mol. The summed E-state index contributed by atoms with van der Waals surface area (Å²) < 4.78 is 0. The summed E-state index contributed by atoms with van der Waals surface area (Å²) in [4.78, 5) is 11.6. The lowest BCUT2D eigenvalue weighted by molar-refractivity contribution is -0.138. The average molecular weight is 319 g/mol. The van der Waals surface area contributed by atoms with Crippen molar-refractivity contribution in [2.24, 2.45) is 5.10 Å². The molecule has 0 radical (unpaired) electrons. The Morgan fingerprint density at radius 2 is 2.15 bits per heavy atom. The Kier molecular flexibility index (Phi) is 6.42. The molecule has 20 heavy (non-hydrogen) atoms. The molecule has 0 aliphatic carbocycles. The molecule has 0 aromatic rings. The molecule has 1 heterocycles. The summed E-state index contributed by atoms with van der Waals surface area (Å²) in [6.07, 6.45) is 2.05. The molecule has 0 saturated heterocycles. The summed E-state index contributed by atoms with van der Waals surface area (Å²) in [5, 5.41) is 23.8. The highest BCUT2D eigenvalue weighted by molar-refractivity contribution is 6.36. The van der Waals surface area contributed by atoms with Crippen LogP contribution in [0.15, 0.2) is 39.5 Å². The Labute approximate surface area is 127 Å². The molecule has 0 saturated carbocycles. The van der Waals surface area contributed by atoms with Crippen molar-refractivity contribution in [2.45, 2.75) is 26.1 Å². The summed E-state index contributed by atoms with van der Waals surface area (Å²) in [6.45, 7) is 5.01. The molecule has 0 unspecified atom stereocenters. The number of amides is 1. The normalized spacial score (nSPS) is 18.1. The number of hydrogen-bond donors (Lipinski definition) is 2. The van der Waals surface area contributed by atoms with Gasteiger partial charge >= 0.3 is 0 Å². The smallest absolute Gasteiger partial charge is 0.243 e. The third kappa shape index (κ3) is 4.76. The number of carbonyl (C=O) groups is 1. The third-order valence-electron chi connectivity index (χ3n) is 2.69. The van der Waals surface area contributed by atoms with Gasteiger partial charge in [0, 0.05) is 22.9 Å². The lowest BCUT2D eigenvalue weighted by Crippen LogP contribution is -2.37. The van der Waals surface area contributed by atoms with Crippen molar-refractivity contribution >= 4 is 34.8 Å². The van der Waals surface area contributed by atoms with Gasteiger partial charge in [0.2, 0.25) is 5.91 Å². The van der Waals surface area contributed by atoms with Crippen molar-refractivity contribution in [1.82, 2.24) is 5.01 Å². The summed E-state index contributed by atoms with van der Waals surface area (Å²) in [7, 11) is 0. The van der Waals surface area contributed by atoms with Gasteiger partial charge in [-0.1, -0.05) is 35.9 Å². The van der Waals surface area contributed by atoms with Crippen molar-refractivity contribution in [3.8, 4) is 0 Å². The van der Waals surface area contributed by atoms with Crippen molar-refractivity contribution < 1.29 is 15.0 Å². The van der Waals surface area contributed by atoms with E-state index in [4.69, 9.17) is 33.4 Å². The predicted octanol–water partition coefficient (Wildman–Crippen LogP) is 2.10. The first-order valence-corrected chi connectivity index (χ1v) is 6.71. The maximum atomic E-state index is 11.6. The number of aliphatic hydroxyl groups is 2. The number of allylic oxidation sites excluding steroid dienone is 5. The Bertz CT molecular complexity index is 496. The van der Waals surface area contributed by atoms with E-state index in [0.717, 1.165) is 5.01 Å². The number of halogens is 2. The Morgan fingerprint density at radius 1 is 1.50 bits per heavy atom. The van der Waals surface area contributed by atoms with E-state index in [9.17, 15) is 4.79 Å². The minimum absolute atomic E-state index is 0.242. The molecule has 1 rings (SSSR count). The van der Waals surface area contributed by atoms with Crippen LogP contribution >= 0.6 is 23.2 Å². The van der Waals surface area contributed by atoms with Gasteiger partial charge in [0.1, 0.15) is 0 Å². The van der Waals surface area contributed by atoms with Gasteiger partial charge in [-0.2, -0.15) is 5.10 Å². The molecule has 5 nitrogen and oxygen atoms in total. The van der Waals surface area contributed by atoms with Gasteiger partial charge in [0.25, 0.3) is 0 Å². The lowest BCUT2D eigenvalue weighted by Gasteiger charge is -2.24. The third-order valence-corrected chi connectivity index (χ3v) is 3.35. The van der Waals surface area contributed by atoms with Gasteiger partial charge in [0.15, 0.2) is 6.29 Å². The van der Waals surface area contributed by atoms with E-state index in [1.54, 1.807) is 6.92 Å². The molecule has 7 heteroatoms. The SMILES string of the molecule is C=C/C(Cl)=C\C(Cl)=C(/C)C1=NN(CC(O)O)C(=O)CC1. The second-order valence-electron chi connectivity index (χ2n) is 4.21. The van der Waals surface area contributed by atoms with Crippen molar-refractivity contribution in [2.75, 3.05) is 6.54 Å². The van der Waals surface area contributed by atoms with Gasteiger partial charge in [-0.05, 0) is 18.6 Å². The van der Waals surface area contributed by atoms with Crippen molar-refractivity contribution in [1.29, 1.82) is 0 Å². The first kappa shape index (κ1) is 16.9. The molecule has 1 aliphatic heterocycles. The van der Waals surface area contributed by atoms with E-state index in [1.807, 2.05) is 0 Å². The first-order valence-electron chi connectivity index (χ1n) is 5.95. The van der Waals surface area contributed by atoms with Gasteiger partial charge in [-0.3, -0.25) is 4.79 Å². The van der Waals surface area contributed by atoms with Crippen LogP contribution in [0.25, 0.3) is 0 Å². The molecule has 1 amide bonds. The molecule has 0 bridgehead atoms. The van der Waals surface area contributed by atoms with Crippen LogP contribution in [-0.2, 0) is 4.79 Å². The molecule has 1 aliphatic rings. The lowest BCUT2D eigenvalue weighted by atomic mass is 10.0. The molecule has 110 valence electrons. The summed E-state index contributed by atoms with van der Waals surface area (Å²) in [6, 6.07) is 0. The maximum absolute atomic E-state index is 11.6. The van der Waals surface area contributed by atoms with Gasteiger partial charge in [-0.15, -0.1) is 0 Å². The molecular weight excluding hydrogens is 303 g/mol. The molecular formula is C13H16Cl2N2O3. The highest BCUT2D eigenvalue weighted by Gasteiger charge is 2.23. The van der Waals surface area contributed by atoms with E-state index >= 15 is 0 Å². The number of carbonyl (C=O) groups excluding carboxylic acids is 1. The fourth-order valence-electron chi connectivity index (χ4n) is 1.59. The van der Waals surface area contributed by atoms with Crippen LogP contribution in [0.4, 0.5) is 0 Å². The largest absolute Gasteiger partial charge is 0.367 e. The van der Waals surface area contributed by atoms with E-state index in [0.29, 0.717) is 27.8 Å². The van der Waals surface area contributed by atoms with Crippen LogP contribution in [0, 0.1) is 0 Å². The standard InChI is InChI=1S/C13H16Cl2N2O3/c1-3-9(14)6-10(15)8(2)11-4-5-12(18)17(16-11)7-13(19)20/h3,6,13,19-20H,1,4-5,7H2,2H3/b9-6+,10-8-. The monoisotopic (exact) mass is 318 g/mol. The van der Waals surface area contributed by atoms with Gasteiger partial charge < -0.3 is 10.2 Å². The molecule has 0 aromatic heterocycles. The molecule has 0 spiro atoms. The number of hydrazone groups is 1. The minimum atomic E-state index is -1.63. The van der Waals surface area contributed by atoms with Crippen LogP contribution in [-0.4, -0.2) is 39.7 Å². The molecule has 2 N–H and O–H groups in total. The minimum Gasteiger partial charge on any atom is -0.367 e. The maximum Gasteiger partial charge on any atom is 0.243 e. The van der Waals surface area contributed by atoms with Crippen LogP contribution < -0.4 is 0 Å². The second kappa shape index (κ2) is 7.59. The second-order valence-corrected chi connectivity index (χ2v) is 5.05. The fraction of sp³-hybridized carbons (Fsp3) is 0.385. The van der Waals surface area contributed by atoms with E-state index in [2.05, 4.69) is 11.7 Å². The zero-order chi connectivity index (χ0) is 15.3. The van der Waals surface area contributed by atoms with Crippen molar-refractivity contribution in [3.63, 3.8) is 0 Å². The van der Waals surface area contributed by atoms with E-state index in [1.165, 1.54) is 12.2 Å². The van der Waals surface area contributed by atoms with Gasteiger partial charge in [-0.25, -0.2) is 5.01 Å². The number of nitrogens with zero attached hydrogens (tertiary/aromatic N) is 2. The zero-order valence-electron chi connectivity index (χ0n) is 11.0. The topological polar surface area (TPSA) is 73.1 Å². The molecule has 0 aromatic carbocycles. The summed E-state index contributed by atoms with van der Waals surface area (Å²) in [5.41, 5.74) is 1.29. The number of β-amino-alcohol motifs (C(OH)–C–C–N with tert-alkyl or cyclic N) is 2. The van der Waals surface area contributed by atoms with Crippen LogP contribution in [0.2, 0.25) is 0 Å². The average Bonchev–Trinajstić information content (AvgIpc) is 2.39. The van der Waals surface area contributed by atoms with E-state index in [-0.39, 0.29) is 18.9 Å².